The lowest BCUT2D eigenvalue weighted by Gasteiger charge is -2.26. The first kappa shape index (κ1) is 11.5. The van der Waals surface area contributed by atoms with Crippen LogP contribution >= 0.6 is 0 Å². The van der Waals surface area contributed by atoms with Crippen molar-refractivity contribution in [2.45, 2.75) is 24.4 Å². The maximum Gasteiger partial charge on any atom is 0.0917 e. The van der Waals surface area contributed by atoms with Gasteiger partial charge in [-0.2, -0.15) is 0 Å². The molecule has 1 nitrogen and oxygen atoms in total. The Hall–Kier alpha value is -1.60. The van der Waals surface area contributed by atoms with Gasteiger partial charge in [0.2, 0.25) is 0 Å². The number of benzene rings is 2. The van der Waals surface area contributed by atoms with Gasteiger partial charge in [0.05, 0.1) is 6.10 Å². The molecule has 0 aliphatic heterocycles. The molecule has 0 aromatic heterocycles. The van der Waals surface area contributed by atoms with E-state index in [4.69, 9.17) is 4.74 Å². The Labute approximate surface area is 108 Å². The Kier molecular flexibility index (Phi) is 2.92. The molecule has 92 valence electrons. The zero-order chi connectivity index (χ0) is 12.4. The summed E-state index contributed by atoms with van der Waals surface area (Å²) in [5.41, 5.74) is 2.87. The second-order valence-electron chi connectivity index (χ2n) is 5.05. The molecule has 1 aliphatic rings. The van der Waals surface area contributed by atoms with E-state index in [0.717, 1.165) is 0 Å². The van der Waals surface area contributed by atoms with E-state index in [1.807, 2.05) is 7.11 Å². The Morgan fingerprint density at radius 3 is 1.94 bits per heavy atom. The lowest BCUT2D eigenvalue weighted by Crippen LogP contribution is -2.20. The zero-order valence-corrected chi connectivity index (χ0v) is 10.7. The number of rotatable bonds is 4. The van der Waals surface area contributed by atoms with Crippen molar-refractivity contribution in [1.82, 2.24) is 0 Å². The van der Waals surface area contributed by atoms with Crippen LogP contribution in [0.4, 0.5) is 0 Å². The quantitative estimate of drug-likeness (QED) is 0.779. The molecule has 3 rings (SSSR count). The number of ether oxygens (including phenoxy) is 1. The van der Waals surface area contributed by atoms with Gasteiger partial charge in [-0.05, 0) is 24.0 Å². The average Bonchev–Trinajstić information content (AvgIpc) is 3.24. The molecule has 1 aliphatic carbocycles. The first-order valence-electron chi connectivity index (χ1n) is 6.50. The second-order valence-corrected chi connectivity index (χ2v) is 5.05. The summed E-state index contributed by atoms with van der Waals surface area (Å²) in [5, 5.41) is 0. The number of hydrogen-bond donors (Lipinski definition) is 0. The van der Waals surface area contributed by atoms with Crippen LogP contribution in [0.3, 0.4) is 0 Å². The van der Waals surface area contributed by atoms with Crippen molar-refractivity contribution in [1.29, 1.82) is 0 Å². The predicted molar refractivity (Wildman–Crippen MR) is 73.5 cm³/mol. The largest absolute Gasteiger partial charge is 0.376 e. The molecule has 0 radical (unpaired) electrons. The predicted octanol–water partition coefficient (Wildman–Crippen LogP) is 4.11. The van der Waals surface area contributed by atoms with Gasteiger partial charge >= 0.3 is 0 Å². The molecule has 0 N–H and O–H groups in total. The minimum absolute atomic E-state index is 0.168. The third-order valence-corrected chi connectivity index (χ3v) is 3.98. The maximum absolute atomic E-state index is 5.82. The van der Waals surface area contributed by atoms with Gasteiger partial charge in [0.25, 0.3) is 0 Å². The van der Waals surface area contributed by atoms with Crippen LogP contribution in [0.2, 0.25) is 0 Å². The molecule has 0 bridgehead atoms. The van der Waals surface area contributed by atoms with Gasteiger partial charge in [0.15, 0.2) is 0 Å². The van der Waals surface area contributed by atoms with E-state index in [1.165, 1.54) is 24.0 Å². The lowest BCUT2D eigenvalue weighted by molar-refractivity contribution is 0.0692. The third kappa shape index (κ3) is 1.85. The topological polar surface area (TPSA) is 9.23 Å². The van der Waals surface area contributed by atoms with Crippen LogP contribution in [0, 0.1) is 0 Å². The fourth-order valence-corrected chi connectivity index (χ4v) is 2.92. The standard InChI is InChI=1S/C17H18O/c1-18-16(14-8-4-2-5-9-14)17(12-13-17)15-10-6-3-7-11-15/h2-11,16H,12-13H2,1H3. The highest BCUT2D eigenvalue weighted by Gasteiger charge is 2.51. The Balaban J connectivity index is 1.98. The van der Waals surface area contributed by atoms with E-state index >= 15 is 0 Å². The van der Waals surface area contributed by atoms with Gasteiger partial charge in [-0.1, -0.05) is 60.7 Å². The van der Waals surface area contributed by atoms with Gasteiger partial charge in [0, 0.05) is 12.5 Å². The second kappa shape index (κ2) is 4.58. The monoisotopic (exact) mass is 238 g/mol. The van der Waals surface area contributed by atoms with Crippen molar-refractivity contribution in [2.24, 2.45) is 0 Å². The molecular formula is C17H18O. The van der Waals surface area contributed by atoms with Crippen LogP contribution in [0.25, 0.3) is 0 Å². The molecule has 0 amide bonds. The van der Waals surface area contributed by atoms with Crippen molar-refractivity contribution in [3.63, 3.8) is 0 Å². The highest BCUT2D eigenvalue weighted by Crippen LogP contribution is 2.57. The van der Waals surface area contributed by atoms with Crippen molar-refractivity contribution in [3.8, 4) is 0 Å². The van der Waals surface area contributed by atoms with Gasteiger partial charge in [0.1, 0.15) is 0 Å². The fourth-order valence-electron chi connectivity index (χ4n) is 2.92. The zero-order valence-electron chi connectivity index (χ0n) is 10.7. The molecule has 0 saturated heterocycles. The van der Waals surface area contributed by atoms with Crippen molar-refractivity contribution >= 4 is 0 Å². The Morgan fingerprint density at radius 1 is 0.889 bits per heavy atom. The molecule has 18 heavy (non-hydrogen) atoms. The minimum Gasteiger partial charge on any atom is -0.376 e. The summed E-state index contributed by atoms with van der Waals surface area (Å²) in [4.78, 5) is 0. The van der Waals surface area contributed by atoms with Crippen LogP contribution in [-0.2, 0) is 10.2 Å². The van der Waals surface area contributed by atoms with Gasteiger partial charge in [-0.3, -0.25) is 0 Å². The molecule has 0 spiro atoms. The van der Waals surface area contributed by atoms with Crippen LogP contribution in [0.1, 0.15) is 30.1 Å². The van der Waals surface area contributed by atoms with Crippen molar-refractivity contribution in [2.75, 3.05) is 7.11 Å². The van der Waals surface area contributed by atoms with E-state index in [2.05, 4.69) is 60.7 Å². The highest BCUT2D eigenvalue weighted by molar-refractivity contribution is 5.37. The highest BCUT2D eigenvalue weighted by atomic mass is 16.5. The smallest absolute Gasteiger partial charge is 0.0917 e. The summed E-state index contributed by atoms with van der Waals surface area (Å²) >= 11 is 0. The fraction of sp³-hybridized carbons (Fsp3) is 0.294. The van der Waals surface area contributed by atoms with Crippen LogP contribution < -0.4 is 0 Å². The molecule has 1 heteroatoms. The molecule has 1 atom stereocenters. The summed E-state index contributed by atoms with van der Waals surface area (Å²) in [6.07, 6.45) is 2.59. The molecule has 0 heterocycles. The third-order valence-electron chi connectivity index (χ3n) is 3.98. The van der Waals surface area contributed by atoms with Crippen LogP contribution in [0.5, 0.6) is 0 Å². The molecule has 2 aromatic rings. The molecule has 2 aromatic carbocycles. The van der Waals surface area contributed by atoms with Crippen molar-refractivity contribution < 1.29 is 4.74 Å². The Morgan fingerprint density at radius 2 is 1.44 bits per heavy atom. The first-order chi connectivity index (χ1) is 8.87. The molecule has 1 saturated carbocycles. The summed E-state index contributed by atoms with van der Waals surface area (Å²) in [6.45, 7) is 0. The summed E-state index contributed by atoms with van der Waals surface area (Å²) in [6, 6.07) is 21.3. The van der Waals surface area contributed by atoms with E-state index in [-0.39, 0.29) is 11.5 Å². The number of hydrogen-bond acceptors (Lipinski definition) is 1. The van der Waals surface area contributed by atoms with Gasteiger partial charge in [-0.15, -0.1) is 0 Å². The molecule has 1 unspecified atom stereocenters. The molecular weight excluding hydrogens is 220 g/mol. The summed E-state index contributed by atoms with van der Waals surface area (Å²) in [7, 11) is 1.82. The number of methoxy groups -OCH3 is 1. The van der Waals surface area contributed by atoms with E-state index in [1.54, 1.807) is 0 Å². The first-order valence-corrected chi connectivity index (χ1v) is 6.50. The molecule has 1 fully saturated rings. The van der Waals surface area contributed by atoms with Gasteiger partial charge < -0.3 is 4.74 Å². The summed E-state index contributed by atoms with van der Waals surface area (Å²) in [5.74, 6) is 0. The SMILES string of the molecule is COC(c1ccccc1)C1(c2ccccc2)CC1. The van der Waals surface area contributed by atoms with E-state index < -0.39 is 0 Å². The summed E-state index contributed by atoms with van der Waals surface area (Å²) < 4.78 is 5.82. The van der Waals surface area contributed by atoms with Crippen LogP contribution in [-0.4, -0.2) is 7.11 Å². The minimum atomic E-state index is 0.168. The van der Waals surface area contributed by atoms with E-state index in [0.29, 0.717) is 0 Å². The normalized spacial score (nSPS) is 18.3. The average molecular weight is 238 g/mol. The van der Waals surface area contributed by atoms with Gasteiger partial charge in [-0.25, -0.2) is 0 Å². The Bertz CT molecular complexity index is 500. The lowest BCUT2D eigenvalue weighted by atomic mass is 9.86. The van der Waals surface area contributed by atoms with Crippen LogP contribution in [0.15, 0.2) is 60.7 Å². The van der Waals surface area contributed by atoms with E-state index in [9.17, 15) is 0 Å². The maximum atomic E-state index is 5.82. The van der Waals surface area contributed by atoms with Crippen molar-refractivity contribution in [3.05, 3.63) is 71.8 Å².